The molecule has 0 atom stereocenters. The summed E-state index contributed by atoms with van der Waals surface area (Å²) in [5.74, 6) is -1.03. The summed E-state index contributed by atoms with van der Waals surface area (Å²) >= 11 is 0. The van der Waals surface area contributed by atoms with Crippen LogP contribution in [0.1, 0.15) is 12.8 Å². The number of aromatic nitrogens is 4. The number of fused-ring (bicyclic) bond motifs is 3. The van der Waals surface area contributed by atoms with Gasteiger partial charge < -0.3 is 9.55 Å². The highest BCUT2D eigenvalue weighted by molar-refractivity contribution is 7.89. The lowest BCUT2D eigenvalue weighted by Crippen LogP contribution is -2.28. The maximum Gasteiger partial charge on any atom is 0.390 e. The van der Waals surface area contributed by atoms with E-state index in [0.29, 0.717) is 17.7 Å². The molecule has 0 saturated heterocycles. The highest BCUT2D eigenvalue weighted by Crippen LogP contribution is 2.23. The van der Waals surface area contributed by atoms with Crippen LogP contribution in [0.4, 0.5) is 13.2 Å². The van der Waals surface area contributed by atoms with Crippen molar-refractivity contribution in [3.05, 3.63) is 37.1 Å². The number of nitrogens with zero attached hydrogens (tertiary/aromatic N) is 3. The van der Waals surface area contributed by atoms with E-state index in [1.54, 1.807) is 18.7 Å². The Kier molecular flexibility index (Phi) is 4.65. The molecule has 2 N–H and O–H groups in total. The van der Waals surface area contributed by atoms with E-state index in [9.17, 15) is 21.6 Å². The minimum atomic E-state index is -4.53. The fourth-order valence-electron chi connectivity index (χ4n) is 2.57. The van der Waals surface area contributed by atoms with Crippen LogP contribution in [-0.2, 0) is 16.6 Å². The number of H-pyrrole nitrogens is 1. The monoisotopic (exact) mass is 387 g/mol. The molecule has 3 aromatic heterocycles. The van der Waals surface area contributed by atoms with Crippen LogP contribution >= 0.6 is 0 Å². The minimum Gasteiger partial charge on any atom is -0.346 e. The molecule has 0 aliphatic carbocycles. The molecule has 0 amide bonds. The second-order valence-corrected chi connectivity index (χ2v) is 7.65. The lowest BCUT2D eigenvalue weighted by molar-refractivity contribution is -0.129. The lowest BCUT2D eigenvalue weighted by Gasteiger charge is -2.12. The molecule has 140 valence electrons. The number of aromatic amines is 1. The van der Waals surface area contributed by atoms with Gasteiger partial charge in [0.1, 0.15) is 11.2 Å². The van der Waals surface area contributed by atoms with Crippen molar-refractivity contribution >= 4 is 32.1 Å². The first-order valence-corrected chi connectivity index (χ1v) is 9.32. The second-order valence-electron chi connectivity index (χ2n) is 5.81. The Morgan fingerprint density at radius 1 is 1.35 bits per heavy atom. The third-order valence-electron chi connectivity index (χ3n) is 3.77. The number of hydrogen-bond acceptors (Lipinski definition) is 4. The van der Waals surface area contributed by atoms with Crippen molar-refractivity contribution in [2.45, 2.75) is 25.6 Å². The predicted octanol–water partition coefficient (Wildman–Crippen LogP) is 2.69. The van der Waals surface area contributed by atoms with Gasteiger partial charge in [-0.2, -0.15) is 13.2 Å². The molecule has 0 fully saturated rings. The quantitative estimate of drug-likeness (QED) is 0.652. The fraction of sp³-hybridized carbons (Fsp3) is 0.333. The summed E-state index contributed by atoms with van der Waals surface area (Å²) in [5, 5.41) is 0.872. The van der Waals surface area contributed by atoms with Crippen molar-refractivity contribution in [2.24, 2.45) is 0 Å². The van der Waals surface area contributed by atoms with Crippen molar-refractivity contribution in [3.8, 4) is 0 Å². The summed E-state index contributed by atoms with van der Waals surface area (Å²) < 4.78 is 63.8. The van der Waals surface area contributed by atoms with Gasteiger partial charge in [-0.25, -0.2) is 18.4 Å². The van der Waals surface area contributed by atoms with E-state index in [1.165, 1.54) is 0 Å². The Balaban J connectivity index is 1.67. The van der Waals surface area contributed by atoms with Crippen LogP contribution in [0.15, 0.2) is 37.1 Å². The van der Waals surface area contributed by atoms with E-state index >= 15 is 0 Å². The van der Waals surface area contributed by atoms with Crippen molar-refractivity contribution < 1.29 is 21.6 Å². The predicted molar refractivity (Wildman–Crippen MR) is 90.7 cm³/mol. The molecule has 0 spiro atoms. The third-order valence-corrected chi connectivity index (χ3v) is 5.11. The van der Waals surface area contributed by atoms with Gasteiger partial charge in [0.2, 0.25) is 10.0 Å². The number of rotatable bonds is 7. The Bertz CT molecular complexity index is 1050. The van der Waals surface area contributed by atoms with Crippen LogP contribution in [0, 0.1) is 0 Å². The maximum atomic E-state index is 12.2. The molecule has 3 rings (SSSR count). The summed E-state index contributed by atoms with van der Waals surface area (Å²) in [4.78, 5) is 11.5. The van der Waals surface area contributed by atoms with E-state index in [1.807, 2.05) is 10.6 Å². The standard InChI is InChI=1S/C15H16F3N5O2S/c1-10(22-26(24,25)7-4-15(16,17)18)3-6-23-9-21-12-8-20-14-11(13(12)23)2-5-19-14/h2,5,8-9,22H,1,3-4,6-7H2,(H,19,20). The second kappa shape index (κ2) is 6.63. The SMILES string of the molecule is C=C(CCn1cnc2cnc3[nH]ccc3c21)NS(=O)(=O)CCC(F)(F)F. The van der Waals surface area contributed by atoms with Crippen LogP contribution in [0.2, 0.25) is 0 Å². The topological polar surface area (TPSA) is 92.7 Å². The van der Waals surface area contributed by atoms with Crippen molar-refractivity contribution in [3.63, 3.8) is 0 Å². The van der Waals surface area contributed by atoms with Crippen molar-refractivity contribution in [1.82, 2.24) is 24.2 Å². The van der Waals surface area contributed by atoms with Gasteiger partial charge in [0.05, 0.1) is 30.2 Å². The number of aryl methyl sites for hydroxylation is 1. The van der Waals surface area contributed by atoms with E-state index < -0.39 is 28.4 Å². The minimum absolute atomic E-state index is 0.119. The van der Waals surface area contributed by atoms with Crippen LogP contribution in [0.3, 0.4) is 0 Å². The van der Waals surface area contributed by atoms with Crippen LogP contribution in [0.5, 0.6) is 0 Å². The first-order chi connectivity index (χ1) is 12.1. The average molecular weight is 387 g/mol. The van der Waals surface area contributed by atoms with E-state index in [-0.39, 0.29) is 12.1 Å². The summed E-state index contributed by atoms with van der Waals surface area (Å²) in [7, 11) is -4.08. The number of nitrogens with one attached hydrogen (secondary N) is 2. The number of imidazole rings is 1. The number of alkyl halides is 3. The summed E-state index contributed by atoms with van der Waals surface area (Å²) in [5.41, 5.74) is 2.34. The number of hydrogen-bond donors (Lipinski definition) is 2. The van der Waals surface area contributed by atoms with Gasteiger partial charge in [-0.05, 0) is 6.07 Å². The van der Waals surface area contributed by atoms with Crippen LogP contribution in [0.25, 0.3) is 22.1 Å². The zero-order valence-electron chi connectivity index (χ0n) is 13.5. The van der Waals surface area contributed by atoms with Gasteiger partial charge >= 0.3 is 6.18 Å². The van der Waals surface area contributed by atoms with Gasteiger partial charge in [-0.1, -0.05) is 6.58 Å². The van der Waals surface area contributed by atoms with Gasteiger partial charge in [-0.15, -0.1) is 0 Å². The third kappa shape index (κ3) is 4.15. The molecular formula is C15H16F3N5O2S. The Morgan fingerprint density at radius 2 is 2.12 bits per heavy atom. The smallest absolute Gasteiger partial charge is 0.346 e. The largest absolute Gasteiger partial charge is 0.390 e. The highest BCUT2D eigenvalue weighted by atomic mass is 32.2. The molecule has 11 heteroatoms. The fourth-order valence-corrected chi connectivity index (χ4v) is 3.71. The molecule has 0 unspecified atom stereocenters. The number of pyridine rings is 1. The Hall–Kier alpha value is -2.56. The van der Waals surface area contributed by atoms with Crippen LogP contribution < -0.4 is 4.72 Å². The first-order valence-electron chi connectivity index (χ1n) is 7.66. The van der Waals surface area contributed by atoms with Gasteiger partial charge in [0, 0.05) is 30.2 Å². The molecular weight excluding hydrogens is 371 g/mol. The molecule has 3 aromatic rings. The number of halogens is 3. The molecule has 0 saturated carbocycles. The summed E-state index contributed by atoms with van der Waals surface area (Å²) in [6.45, 7) is 3.95. The van der Waals surface area contributed by atoms with Gasteiger partial charge in [0.15, 0.2) is 0 Å². The van der Waals surface area contributed by atoms with E-state index in [0.717, 1.165) is 10.9 Å². The summed E-state index contributed by atoms with van der Waals surface area (Å²) in [6.07, 6.45) is -0.737. The first kappa shape index (κ1) is 18.2. The van der Waals surface area contributed by atoms with E-state index in [4.69, 9.17) is 0 Å². The van der Waals surface area contributed by atoms with Gasteiger partial charge in [-0.3, -0.25) is 4.72 Å². The Morgan fingerprint density at radius 3 is 2.85 bits per heavy atom. The number of allylic oxidation sites excluding steroid dienone is 1. The molecule has 0 bridgehead atoms. The molecule has 0 radical (unpaired) electrons. The summed E-state index contributed by atoms with van der Waals surface area (Å²) in [6, 6.07) is 1.86. The van der Waals surface area contributed by atoms with Crippen molar-refractivity contribution in [2.75, 3.05) is 5.75 Å². The lowest BCUT2D eigenvalue weighted by atomic mass is 10.3. The maximum absolute atomic E-state index is 12.2. The Labute approximate surface area is 147 Å². The molecule has 7 nitrogen and oxygen atoms in total. The van der Waals surface area contributed by atoms with E-state index in [2.05, 4.69) is 26.3 Å². The zero-order valence-corrected chi connectivity index (χ0v) is 14.4. The van der Waals surface area contributed by atoms with Gasteiger partial charge in [0.25, 0.3) is 0 Å². The molecule has 3 heterocycles. The molecule has 0 aliphatic rings. The molecule has 0 aromatic carbocycles. The van der Waals surface area contributed by atoms with Crippen molar-refractivity contribution in [1.29, 1.82) is 0 Å². The average Bonchev–Trinajstić information content (AvgIpc) is 3.16. The molecule has 26 heavy (non-hydrogen) atoms. The molecule has 0 aliphatic heterocycles. The van der Waals surface area contributed by atoms with Crippen LogP contribution in [-0.4, -0.2) is 39.9 Å². The normalized spacial score (nSPS) is 12.7. The highest BCUT2D eigenvalue weighted by Gasteiger charge is 2.30. The number of sulfonamides is 1. The zero-order chi connectivity index (χ0) is 18.9.